The molecule has 4 aromatic heterocycles. The molecule has 12 heteroatoms. The molecule has 5 aromatic rings. The Morgan fingerprint density at radius 3 is 2.42 bits per heavy atom. The van der Waals surface area contributed by atoms with E-state index in [1.165, 1.54) is 36.8 Å². The standard InChI is InChI=1S/C31H29F2N5O4S/c1-3-42-31(39)26-18-6-8-19(9-7-18)27(26)37-16-25(33)23-14-34-28(36-30(23)37)24-15-38(29-22(24)12-20(32)13-35-29)43(40,41)21-10-4-17(2)5-11-21/h4-5,10-16,18-19,26-27H,3,6-9H2,1-2H3/t18?,19?,26-,27-/m0/s1. The average Bonchev–Trinajstić information content (AvgIpc) is 3.55. The first-order valence-corrected chi connectivity index (χ1v) is 15.8. The van der Waals surface area contributed by atoms with E-state index in [-0.39, 0.29) is 68.8 Å². The third-order valence-electron chi connectivity index (χ3n) is 8.98. The summed E-state index contributed by atoms with van der Waals surface area (Å²) < 4.78 is 65.4. The molecule has 0 amide bonds. The molecule has 222 valence electrons. The average molecular weight is 606 g/mol. The molecular weight excluding hydrogens is 576 g/mol. The number of hydrogen-bond acceptors (Lipinski definition) is 7. The van der Waals surface area contributed by atoms with Crippen molar-refractivity contribution in [2.45, 2.75) is 50.5 Å². The molecule has 3 fully saturated rings. The van der Waals surface area contributed by atoms with Gasteiger partial charge in [0.1, 0.15) is 11.5 Å². The van der Waals surface area contributed by atoms with E-state index in [9.17, 15) is 17.6 Å². The predicted octanol–water partition coefficient (Wildman–Crippen LogP) is 5.81. The number of carbonyl (C=O) groups excluding carboxylic acids is 1. The first-order valence-electron chi connectivity index (χ1n) is 14.4. The number of pyridine rings is 1. The van der Waals surface area contributed by atoms with Crippen molar-refractivity contribution in [2.75, 3.05) is 6.61 Å². The molecule has 8 rings (SSSR count). The summed E-state index contributed by atoms with van der Waals surface area (Å²) >= 11 is 0. The van der Waals surface area contributed by atoms with Gasteiger partial charge in [-0.2, -0.15) is 0 Å². The summed E-state index contributed by atoms with van der Waals surface area (Å²) in [4.78, 5) is 26.4. The number of benzene rings is 1. The number of carbonyl (C=O) groups is 1. The van der Waals surface area contributed by atoms with Gasteiger partial charge in [0, 0.05) is 29.5 Å². The Balaban J connectivity index is 1.40. The van der Waals surface area contributed by atoms with E-state index in [4.69, 9.17) is 9.72 Å². The van der Waals surface area contributed by atoms with Gasteiger partial charge in [-0.15, -0.1) is 0 Å². The Hall–Kier alpha value is -4.19. The molecule has 0 saturated heterocycles. The zero-order chi connectivity index (χ0) is 30.0. The minimum atomic E-state index is -4.11. The van der Waals surface area contributed by atoms with E-state index >= 15 is 4.39 Å². The van der Waals surface area contributed by atoms with Gasteiger partial charge in [0.25, 0.3) is 10.0 Å². The minimum Gasteiger partial charge on any atom is -0.466 e. The molecule has 0 N–H and O–H groups in total. The number of halogens is 2. The molecule has 0 unspecified atom stereocenters. The molecule has 2 atom stereocenters. The maximum atomic E-state index is 15.3. The second-order valence-electron chi connectivity index (χ2n) is 11.4. The van der Waals surface area contributed by atoms with Crippen LogP contribution in [0.4, 0.5) is 8.78 Å². The molecule has 9 nitrogen and oxygen atoms in total. The van der Waals surface area contributed by atoms with Gasteiger partial charge < -0.3 is 9.30 Å². The highest BCUT2D eigenvalue weighted by molar-refractivity contribution is 7.90. The molecule has 0 spiro atoms. The van der Waals surface area contributed by atoms with Gasteiger partial charge in [0.2, 0.25) is 0 Å². The lowest BCUT2D eigenvalue weighted by atomic mass is 9.61. The van der Waals surface area contributed by atoms with Crippen LogP contribution in [-0.2, 0) is 19.6 Å². The molecule has 43 heavy (non-hydrogen) atoms. The van der Waals surface area contributed by atoms with E-state index in [2.05, 4.69) is 9.97 Å². The second kappa shape index (κ2) is 10.2. The van der Waals surface area contributed by atoms with E-state index in [1.807, 2.05) is 6.92 Å². The molecular formula is C31H29F2N5O4S. The van der Waals surface area contributed by atoms with Crippen LogP contribution in [0.25, 0.3) is 33.5 Å². The van der Waals surface area contributed by atoms with Crippen molar-refractivity contribution in [3.05, 3.63) is 72.3 Å². The van der Waals surface area contributed by atoms with Crippen LogP contribution in [0.15, 0.2) is 60.0 Å². The Morgan fingerprint density at radius 2 is 1.70 bits per heavy atom. The molecule has 0 radical (unpaired) electrons. The highest BCUT2D eigenvalue weighted by atomic mass is 32.2. The van der Waals surface area contributed by atoms with Crippen LogP contribution in [-0.4, -0.2) is 44.5 Å². The fourth-order valence-corrected chi connectivity index (χ4v) is 8.30. The number of aryl methyl sites for hydroxylation is 1. The van der Waals surface area contributed by atoms with Crippen molar-refractivity contribution in [3.8, 4) is 11.4 Å². The van der Waals surface area contributed by atoms with Gasteiger partial charge in [0.05, 0.1) is 35.0 Å². The maximum absolute atomic E-state index is 15.3. The lowest BCUT2D eigenvalue weighted by Crippen LogP contribution is -2.45. The SMILES string of the molecule is CCOC(=O)[C@H]1C2CCC(CC2)[C@@H]1n1cc(F)c2cnc(-c3cn(S(=O)(=O)c4ccc(C)cc4)c4ncc(F)cc34)nc21. The summed E-state index contributed by atoms with van der Waals surface area (Å²) in [6.45, 7) is 3.88. The van der Waals surface area contributed by atoms with Crippen LogP contribution in [0.3, 0.4) is 0 Å². The number of fused-ring (bicyclic) bond motifs is 5. The number of nitrogens with zero attached hydrogens (tertiary/aromatic N) is 5. The van der Waals surface area contributed by atoms with Crippen LogP contribution in [0.2, 0.25) is 0 Å². The first kappa shape index (κ1) is 27.6. The first-order chi connectivity index (χ1) is 20.7. The summed E-state index contributed by atoms with van der Waals surface area (Å²) in [5, 5.41) is 0.364. The van der Waals surface area contributed by atoms with Gasteiger partial charge in [-0.25, -0.2) is 36.1 Å². The third kappa shape index (κ3) is 4.41. The summed E-state index contributed by atoms with van der Waals surface area (Å²) in [5.74, 6) is -1.55. The predicted molar refractivity (Wildman–Crippen MR) is 155 cm³/mol. The van der Waals surface area contributed by atoms with Crippen molar-refractivity contribution in [2.24, 2.45) is 17.8 Å². The van der Waals surface area contributed by atoms with E-state index in [0.29, 0.717) is 0 Å². The normalized spacial score (nSPS) is 22.0. The summed E-state index contributed by atoms with van der Waals surface area (Å²) in [6, 6.07) is 7.21. The van der Waals surface area contributed by atoms with Gasteiger partial charge in [-0.3, -0.25) is 4.79 Å². The number of hydrogen-bond donors (Lipinski definition) is 0. The molecule has 0 aliphatic heterocycles. The van der Waals surface area contributed by atoms with Gasteiger partial charge in [0.15, 0.2) is 17.3 Å². The summed E-state index contributed by atoms with van der Waals surface area (Å²) in [6.07, 6.45) is 8.65. The van der Waals surface area contributed by atoms with Crippen molar-refractivity contribution >= 4 is 38.1 Å². The second-order valence-corrected chi connectivity index (χ2v) is 13.3. The highest BCUT2D eigenvalue weighted by Gasteiger charge is 2.49. The van der Waals surface area contributed by atoms with Crippen LogP contribution in [0.1, 0.15) is 44.2 Å². The Labute approximate surface area is 246 Å². The maximum Gasteiger partial charge on any atom is 0.311 e. The number of rotatable bonds is 6. The fourth-order valence-electron chi connectivity index (χ4n) is 6.98. The zero-order valence-electron chi connectivity index (χ0n) is 23.6. The van der Waals surface area contributed by atoms with Crippen LogP contribution < -0.4 is 0 Å². The third-order valence-corrected chi connectivity index (χ3v) is 10.6. The summed E-state index contributed by atoms with van der Waals surface area (Å²) in [5.41, 5.74) is 1.40. The van der Waals surface area contributed by atoms with Crippen LogP contribution in [0.5, 0.6) is 0 Å². The van der Waals surface area contributed by atoms with Crippen molar-refractivity contribution in [3.63, 3.8) is 0 Å². The van der Waals surface area contributed by atoms with Crippen molar-refractivity contribution in [1.29, 1.82) is 0 Å². The molecule has 3 aliphatic rings. The van der Waals surface area contributed by atoms with E-state index in [0.717, 1.165) is 41.4 Å². The molecule has 3 saturated carbocycles. The Morgan fingerprint density at radius 1 is 0.977 bits per heavy atom. The number of aromatic nitrogens is 5. The number of ether oxygens (including phenoxy) is 1. The van der Waals surface area contributed by atoms with Crippen molar-refractivity contribution in [1.82, 2.24) is 23.5 Å². The van der Waals surface area contributed by atoms with Gasteiger partial charge in [-0.1, -0.05) is 17.7 Å². The largest absolute Gasteiger partial charge is 0.466 e. The monoisotopic (exact) mass is 605 g/mol. The summed E-state index contributed by atoms with van der Waals surface area (Å²) in [7, 11) is -4.11. The van der Waals surface area contributed by atoms with E-state index < -0.39 is 27.6 Å². The van der Waals surface area contributed by atoms with Crippen LogP contribution in [0, 0.1) is 36.3 Å². The quantitative estimate of drug-likeness (QED) is 0.225. The van der Waals surface area contributed by atoms with Gasteiger partial charge >= 0.3 is 5.97 Å². The lowest BCUT2D eigenvalue weighted by molar-refractivity contribution is -0.157. The molecule has 2 bridgehead atoms. The molecule has 1 aromatic carbocycles. The molecule has 4 heterocycles. The topological polar surface area (TPSA) is 109 Å². The highest BCUT2D eigenvalue weighted by Crippen LogP contribution is 2.52. The Kier molecular flexibility index (Phi) is 6.57. The fraction of sp³-hybridized carbons (Fsp3) is 0.355. The number of esters is 1. The molecule has 3 aliphatic carbocycles. The lowest BCUT2D eigenvalue weighted by Gasteiger charge is -2.47. The van der Waals surface area contributed by atoms with Gasteiger partial charge in [-0.05, 0) is 69.6 Å². The van der Waals surface area contributed by atoms with Crippen LogP contribution >= 0.6 is 0 Å². The smallest absolute Gasteiger partial charge is 0.311 e. The Bertz CT molecular complexity index is 2000. The van der Waals surface area contributed by atoms with E-state index in [1.54, 1.807) is 23.6 Å². The zero-order valence-corrected chi connectivity index (χ0v) is 24.4. The minimum absolute atomic E-state index is 0.00852. The van der Waals surface area contributed by atoms with Crippen molar-refractivity contribution < 1.29 is 26.7 Å².